The molecule has 0 aliphatic carbocycles. The van der Waals surface area contributed by atoms with Gasteiger partial charge in [-0.15, -0.1) is 0 Å². The number of alkyl halides is 1. The maximum atomic E-state index is 12.0. The smallest absolute Gasteiger partial charge is 0.155 e. The average Bonchev–Trinajstić information content (AvgIpc) is 1.96. The highest BCUT2D eigenvalue weighted by Crippen LogP contribution is 2.31. The third-order valence-corrected chi connectivity index (χ3v) is 5.75. The first-order valence-electron chi connectivity index (χ1n) is 5.74. The van der Waals surface area contributed by atoms with Gasteiger partial charge in [-0.25, -0.2) is 8.42 Å². The number of halogens is 1. The van der Waals surface area contributed by atoms with Crippen LogP contribution in [0.1, 0.15) is 54.4 Å². The lowest BCUT2D eigenvalue weighted by molar-refractivity contribution is 0.324. The van der Waals surface area contributed by atoms with Gasteiger partial charge in [0.1, 0.15) is 0 Å². The Labute approximate surface area is 109 Å². The zero-order valence-electron chi connectivity index (χ0n) is 11.3. The molecule has 0 rings (SSSR count). The Morgan fingerprint density at radius 2 is 1.56 bits per heavy atom. The second-order valence-corrected chi connectivity index (χ2v) is 10.8. The summed E-state index contributed by atoms with van der Waals surface area (Å²) in [5.41, 5.74) is 0.0707. The Balaban J connectivity index is 4.47. The van der Waals surface area contributed by atoms with Gasteiger partial charge in [0.2, 0.25) is 0 Å². The maximum absolute atomic E-state index is 12.0. The van der Waals surface area contributed by atoms with Crippen LogP contribution in [-0.2, 0) is 9.84 Å². The van der Waals surface area contributed by atoms with Crippen molar-refractivity contribution < 1.29 is 8.42 Å². The lowest BCUT2D eigenvalue weighted by atomic mass is 9.85. The summed E-state index contributed by atoms with van der Waals surface area (Å²) < 4.78 is 23.3. The molecular weight excluding hydrogens is 288 g/mol. The molecule has 1 unspecified atom stereocenters. The normalized spacial score (nSPS) is 16.2. The lowest BCUT2D eigenvalue weighted by Crippen LogP contribution is -2.32. The van der Waals surface area contributed by atoms with Gasteiger partial charge < -0.3 is 0 Å². The number of hydrogen-bond acceptors (Lipinski definition) is 2. The van der Waals surface area contributed by atoms with E-state index in [0.29, 0.717) is 4.83 Å². The summed E-state index contributed by atoms with van der Waals surface area (Å²) in [6.45, 7) is 11.7. The predicted molar refractivity (Wildman–Crippen MR) is 74.9 cm³/mol. The highest BCUT2D eigenvalue weighted by molar-refractivity contribution is 9.09. The van der Waals surface area contributed by atoms with E-state index in [0.717, 1.165) is 12.8 Å². The van der Waals surface area contributed by atoms with Crippen molar-refractivity contribution in [3.8, 4) is 0 Å². The third kappa shape index (κ3) is 5.67. The van der Waals surface area contributed by atoms with E-state index in [-0.39, 0.29) is 11.2 Å². The van der Waals surface area contributed by atoms with Gasteiger partial charge in [0.05, 0.1) is 10.5 Å². The van der Waals surface area contributed by atoms with Crippen LogP contribution in [0.5, 0.6) is 0 Å². The third-order valence-electron chi connectivity index (χ3n) is 2.81. The molecule has 1 atom stereocenters. The minimum atomic E-state index is -2.98. The fraction of sp³-hybridized carbons (Fsp3) is 1.00. The van der Waals surface area contributed by atoms with Crippen LogP contribution < -0.4 is 0 Å². The van der Waals surface area contributed by atoms with Gasteiger partial charge in [0.15, 0.2) is 9.84 Å². The summed E-state index contributed by atoms with van der Waals surface area (Å²) >= 11 is 3.52. The zero-order valence-corrected chi connectivity index (χ0v) is 13.7. The fourth-order valence-electron chi connectivity index (χ4n) is 1.58. The molecule has 0 radical (unpaired) electrons. The molecule has 0 aliphatic heterocycles. The van der Waals surface area contributed by atoms with Crippen LogP contribution in [0, 0.1) is 5.41 Å². The van der Waals surface area contributed by atoms with E-state index in [1.54, 1.807) is 20.8 Å². The minimum Gasteiger partial charge on any atom is -0.228 e. The zero-order chi connectivity index (χ0) is 13.2. The molecular formula is C12H25BrO2S. The predicted octanol–water partition coefficient (Wildman–Crippen LogP) is 3.79. The van der Waals surface area contributed by atoms with Gasteiger partial charge in [-0.05, 0) is 39.0 Å². The van der Waals surface area contributed by atoms with Crippen molar-refractivity contribution in [2.75, 3.05) is 5.75 Å². The van der Waals surface area contributed by atoms with Crippen LogP contribution in [-0.4, -0.2) is 23.7 Å². The summed E-state index contributed by atoms with van der Waals surface area (Å²) in [6, 6.07) is 0. The Kier molecular flexibility index (Phi) is 5.53. The molecule has 4 heteroatoms. The van der Waals surface area contributed by atoms with Crippen molar-refractivity contribution in [3.63, 3.8) is 0 Å². The summed E-state index contributed by atoms with van der Waals surface area (Å²) in [6.07, 6.45) is 1.72. The Morgan fingerprint density at radius 3 is 1.88 bits per heavy atom. The first-order valence-corrected chi connectivity index (χ1v) is 8.30. The van der Waals surface area contributed by atoms with Gasteiger partial charge in [-0.1, -0.05) is 36.7 Å². The van der Waals surface area contributed by atoms with E-state index in [1.165, 1.54) is 0 Å². The summed E-state index contributed by atoms with van der Waals surface area (Å²) in [4.78, 5) is 0.430. The first kappa shape index (κ1) is 16.4. The monoisotopic (exact) mass is 312 g/mol. The van der Waals surface area contributed by atoms with Gasteiger partial charge >= 0.3 is 0 Å². The van der Waals surface area contributed by atoms with Gasteiger partial charge in [0.25, 0.3) is 0 Å². The Bertz CT molecular complexity index is 310. The summed E-state index contributed by atoms with van der Waals surface area (Å²) in [7, 11) is -2.98. The standard InChI is InChI=1S/C12H25BrO2S/c1-10(13)9-12(5,6)7-8-16(14,15)11(2,3)4/h10H,7-9H2,1-6H3. The van der Waals surface area contributed by atoms with Crippen molar-refractivity contribution >= 4 is 25.8 Å². The molecule has 0 aromatic heterocycles. The molecule has 0 saturated carbocycles. The molecule has 0 fully saturated rings. The van der Waals surface area contributed by atoms with Crippen LogP contribution in [0.15, 0.2) is 0 Å². The molecule has 98 valence electrons. The molecule has 0 spiro atoms. The van der Waals surface area contributed by atoms with Crippen LogP contribution >= 0.6 is 15.9 Å². The highest BCUT2D eigenvalue weighted by atomic mass is 79.9. The van der Waals surface area contributed by atoms with Crippen molar-refractivity contribution in [2.24, 2.45) is 5.41 Å². The Hall–Kier alpha value is 0.430. The van der Waals surface area contributed by atoms with Crippen LogP contribution in [0.4, 0.5) is 0 Å². The highest BCUT2D eigenvalue weighted by Gasteiger charge is 2.31. The van der Waals surface area contributed by atoms with Gasteiger partial charge in [-0.2, -0.15) is 0 Å². The topological polar surface area (TPSA) is 34.1 Å². The van der Waals surface area contributed by atoms with E-state index in [9.17, 15) is 8.42 Å². The van der Waals surface area contributed by atoms with Crippen molar-refractivity contribution in [2.45, 2.75) is 64.0 Å². The first-order chi connectivity index (χ1) is 6.87. The molecule has 16 heavy (non-hydrogen) atoms. The van der Waals surface area contributed by atoms with E-state index >= 15 is 0 Å². The van der Waals surface area contributed by atoms with E-state index in [1.807, 2.05) is 0 Å². The van der Waals surface area contributed by atoms with Crippen LogP contribution in [0.2, 0.25) is 0 Å². The minimum absolute atomic E-state index is 0.0707. The average molecular weight is 313 g/mol. The van der Waals surface area contributed by atoms with Crippen molar-refractivity contribution in [1.29, 1.82) is 0 Å². The number of rotatable bonds is 5. The van der Waals surface area contributed by atoms with Gasteiger partial charge in [-0.3, -0.25) is 0 Å². The fourth-order valence-corrected chi connectivity index (χ4v) is 3.89. The number of hydrogen-bond donors (Lipinski definition) is 0. The molecule has 2 nitrogen and oxygen atoms in total. The molecule has 0 aromatic rings. The quantitative estimate of drug-likeness (QED) is 0.724. The van der Waals surface area contributed by atoms with Crippen molar-refractivity contribution in [1.82, 2.24) is 0 Å². The Morgan fingerprint density at radius 1 is 1.12 bits per heavy atom. The molecule has 0 aromatic carbocycles. The summed E-state index contributed by atoms with van der Waals surface area (Å²) in [5, 5.41) is 0. The molecule has 0 saturated heterocycles. The number of sulfone groups is 1. The SMILES string of the molecule is CC(Br)CC(C)(C)CCS(=O)(=O)C(C)(C)C. The second-order valence-electron chi connectivity index (χ2n) is 6.33. The van der Waals surface area contributed by atoms with E-state index in [4.69, 9.17) is 0 Å². The molecule has 0 N–H and O–H groups in total. The summed E-state index contributed by atoms with van der Waals surface area (Å²) in [5.74, 6) is 0.281. The molecule has 0 amide bonds. The van der Waals surface area contributed by atoms with E-state index in [2.05, 4.69) is 36.7 Å². The molecule has 0 bridgehead atoms. The lowest BCUT2D eigenvalue weighted by Gasteiger charge is -2.28. The largest absolute Gasteiger partial charge is 0.228 e. The second kappa shape index (κ2) is 5.38. The molecule has 0 heterocycles. The van der Waals surface area contributed by atoms with Crippen LogP contribution in [0.25, 0.3) is 0 Å². The van der Waals surface area contributed by atoms with Crippen LogP contribution in [0.3, 0.4) is 0 Å². The van der Waals surface area contributed by atoms with Gasteiger partial charge in [0, 0.05) is 4.83 Å². The molecule has 0 aliphatic rings. The van der Waals surface area contributed by atoms with E-state index < -0.39 is 14.6 Å². The van der Waals surface area contributed by atoms with Crippen molar-refractivity contribution in [3.05, 3.63) is 0 Å². The maximum Gasteiger partial charge on any atom is 0.155 e.